The van der Waals surface area contributed by atoms with Crippen LogP contribution in [0.3, 0.4) is 0 Å². The fourth-order valence-electron chi connectivity index (χ4n) is 2.76. The lowest BCUT2D eigenvalue weighted by Gasteiger charge is -2.32. The van der Waals surface area contributed by atoms with Crippen LogP contribution in [-0.2, 0) is 6.42 Å². The van der Waals surface area contributed by atoms with Crippen molar-refractivity contribution >= 4 is 17.5 Å². The summed E-state index contributed by atoms with van der Waals surface area (Å²) in [5.41, 5.74) is 0.431. The Morgan fingerprint density at radius 2 is 2.36 bits per heavy atom. The zero-order valence-corrected chi connectivity index (χ0v) is 13.1. The van der Waals surface area contributed by atoms with Crippen LogP contribution in [0.4, 0.5) is 0 Å². The maximum Gasteiger partial charge on any atom is 0.272 e. The molecule has 0 aliphatic carbocycles. The molecule has 1 fully saturated rings. The molecule has 116 valence electrons. The van der Waals surface area contributed by atoms with Gasteiger partial charge in [0.25, 0.3) is 5.91 Å². The number of pyridine rings is 1. The topological polar surface area (TPSA) is 72.1 Å². The number of aromatic nitrogens is 3. The number of likely N-dealkylation sites (tertiary alicyclic amines) is 1. The molecular weight excluding hydrogens is 304 g/mol. The summed E-state index contributed by atoms with van der Waals surface area (Å²) in [7, 11) is 0. The summed E-state index contributed by atoms with van der Waals surface area (Å²) in [5, 5.41) is 4.46. The van der Waals surface area contributed by atoms with Crippen molar-refractivity contribution in [3.63, 3.8) is 0 Å². The normalized spacial score (nSPS) is 18.5. The van der Waals surface area contributed by atoms with Crippen molar-refractivity contribution < 1.29 is 9.32 Å². The van der Waals surface area contributed by atoms with Gasteiger partial charge in [0.1, 0.15) is 5.69 Å². The highest BCUT2D eigenvalue weighted by Gasteiger charge is 2.26. The number of carbonyl (C=O) groups is 1. The van der Waals surface area contributed by atoms with Crippen LogP contribution in [0.5, 0.6) is 0 Å². The summed E-state index contributed by atoms with van der Waals surface area (Å²) in [5.74, 6) is 1.58. The maximum absolute atomic E-state index is 12.5. The number of hydrogen-bond donors (Lipinski definition) is 0. The van der Waals surface area contributed by atoms with Gasteiger partial charge >= 0.3 is 0 Å². The van der Waals surface area contributed by atoms with E-state index in [2.05, 4.69) is 15.1 Å². The average molecular weight is 321 g/mol. The van der Waals surface area contributed by atoms with Gasteiger partial charge in [0, 0.05) is 32.6 Å². The second-order valence-corrected chi connectivity index (χ2v) is 5.99. The van der Waals surface area contributed by atoms with Gasteiger partial charge in [-0.15, -0.1) is 0 Å². The van der Waals surface area contributed by atoms with E-state index < -0.39 is 0 Å². The average Bonchev–Trinajstić information content (AvgIpc) is 2.93. The van der Waals surface area contributed by atoms with Gasteiger partial charge in [0.05, 0.1) is 5.02 Å². The Kier molecular flexibility index (Phi) is 4.38. The second-order valence-electron chi connectivity index (χ2n) is 5.55. The molecule has 0 spiro atoms. The zero-order valence-electron chi connectivity index (χ0n) is 12.3. The SMILES string of the molecule is Cc1nc(CC2CCCN(C(=O)c3ccc(Cl)cn3)C2)no1. The number of nitrogens with zero attached hydrogens (tertiary/aromatic N) is 4. The van der Waals surface area contributed by atoms with Crippen LogP contribution in [0.1, 0.15) is 35.0 Å². The summed E-state index contributed by atoms with van der Waals surface area (Å²) in [6.45, 7) is 3.22. The summed E-state index contributed by atoms with van der Waals surface area (Å²) in [4.78, 5) is 22.7. The summed E-state index contributed by atoms with van der Waals surface area (Å²) >= 11 is 5.81. The van der Waals surface area contributed by atoms with Crippen LogP contribution in [0, 0.1) is 12.8 Å². The van der Waals surface area contributed by atoms with Crippen LogP contribution in [0.15, 0.2) is 22.9 Å². The third-order valence-corrected chi connectivity index (χ3v) is 4.02. The van der Waals surface area contributed by atoms with Crippen molar-refractivity contribution in [2.24, 2.45) is 5.92 Å². The Hall–Kier alpha value is -1.95. The van der Waals surface area contributed by atoms with Crippen molar-refractivity contribution in [3.8, 4) is 0 Å². The van der Waals surface area contributed by atoms with E-state index in [-0.39, 0.29) is 5.91 Å². The van der Waals surface area contributed by atoms with Crippen molar-refractivity contribution in [1.29, 1.82) is 0 Å². The highest BCUT2D eigenvalue weighted by atomic mass is 35.5. The van der Waals surface area contributed by atoms with Gasteiger partial charge < -0.3 is 9.42 Å². The molecule has 2 aromatic heterocycles. The molecule has 2 aromatic rings. The van der Waals surface area contributed by atoms with E-state index in [1.54, 1.807) is 19.1 Å². The summed E-state index contributed by atoms with van der Waals surface area (Å²) in [6.07, 6.45) is 4.26. The van der Waals surface area contributed by atoms with Crippen LogP contribution in [0.25, 0.3) is 0 Å². The number of carbonyl (C=O) groups excluding carboxylic acids is 1. The van der Waals surface area contributed by atoms with E-state index >= 15 is 0 Å². The first kappa shape index (κ1) is 15.0. The molecule has 3 rings (SSSR count). The number of halogens is 1. The van der Waals surface area contributed by atoms with Gasteiger partial charge in [0.15, 0.2) is 5.82 Å². The van der Waals surface area contributed by atoms with Crippen LogP contribution in [0.2, 0.25) is 5.02 Å². The molecule has 6 nitrogen and oxygen atoms in total. The molecule has 0 aromatic carbocycles. The third-order valence-electron chi connectivity index (χ3n) is 3.79. The van der Waals surface area contributed by atoms with E-state index in [1.165, 1.54) is 6.20 Å². The Labute approximate surface area is 133 Å². The molecule has 1 amide bonds. The molecule has 3 heterocycles. The number of amides is 1. The van der Waals surface area contributed by atoms with Crippen molar-refractivity contribution in [1.82, 2.24) is 20.0 Å². The van der Waals surface area contributed by atoms with E-state index in [0.29, 0.717) is 34.9 Å². The Morgan fingerprint density at radius 1 is 1.50 bits per heavy atom. The Balaban J connectivity index is 1.64. The van der Waals surface area contributed by atoms with Crippen molar-refractivity contribution in [3.05, 3.63) is 40.8 Å². The molecule has 1 aliphatic rings. The molecule has 1 saturated heterocycles. The molecule has 0 saturated carbocycles. The maximum atomic E-state index is 12.5. The van der Waals surface area contributed by atoms with Crippen LogP contribution < -0.4 is 0 Å². The van der Waals surface area contributed by atoms with Gasteiger partial charge in [0.2, 0.25) is 5.89 Å². The predicted octanol–water partition coefficient (Wildman–Crippen LogP) is 2.52. The van der Waals surface area contributed by atoms with E-state index in [0.717, 1.165) is 25.8 Å². The van der Waals surface area contributed by atoms with Gasteiger partial charge in [-0.25, -0.2) is 4.98 Å². The quantitative estimate of drug-likeness (QED) is 0.869. The van der Waals surface area contributed by atoms with Crippen molar-refractivity contribution in [2.75, 3.05) is 13.1 Å². The predicted molar refractivity (Wildman–Crippen MR) is 80.6 cm³/mol. The second kappa shape index (κ2) is 6.44. The Morgan fingerprint density at radius 3 is 3.05 bits per heavy atom. The van der Waals surface area contributed by atoms with Crippen molar-refractivity contribution in [2.45, 2.75) is 26.2 Å². The van der Waals surface area contributed by atoms with Gasteiger partial charge in [-0.1, -0.05) is 16.8 Å². The standard InChI is InChI=1S/C15H17ClN4O2/c1-10-18-14(19-22-10)7-11-3-2-6-20(9-11)15(21)13-5-4-12(16)8-17-13/h4-5,8,11H,2-3,6-7,9H2,1H3. The fraction of sp³-hybridized carbons (Fsp3) is 0.467. The monoisotopic (exact) mass is 320 g/mol. The van der Waals surface area contributed by atoms with Gasteiger partial charge in [-0.2, -0.15) is 4.98 Å². The summed E-state index contributed by atoms with van der Waals surface area (Å²) < 4.78 is 5.00. The van der Waals surface area contributed by atoms with Crippen LogP contribution >= 0.6 is 11.6 Å². The summed E-state index contributed by atoms with van der Waals surface area (Å²) in [6, 6.07) is 3.35. The van der Waals surface area contributed by atoms with Crippen LogP contribution in [-0.4, -0.2) is 39.0 Å². The lowest BCUT2D eigenvalue weighted by atomic mass is 9.94. The molecule has 0 bridgehead atoms. The molecule has 0 N–H and O–H groups in total. The number of piperidine rings is 1. The largest absolute Gasteiger partial charge is 0.340 e. The number of rotatable bonds is 3. The minimum Gasteiger partial charge on any atom is -0.340 e. The van der Waals surface area contributed by atoms with Gasteiger partial charge in [-0.05, 0) is 30.9 Å². The highest BCUT2D eigenvalue weighted by Crippen LogP contribution is 2.21. The first-order valence-electron chi connectivity index (χ1n) is 7.32. The lowest BCUT2D eigenvalue weighted by Crippen LogP contribution is -2.40. The lowest BCUT2D eigenvalue weighted by molar-refractivity contribution is 0.0666. The number of aryl methyl sites for hydroxylation is 1. The molecule has 1 aliphatic heterocycles. The van der Waals surface area contributed by atoms with E-state index in [1.807, 2.05) is 4.90 Å². The molecular formula is C15H17ClN4O2. The fourth-order valence-corrected chi connectivity index (χ4v) is 2.87. The number of hydrogen-bond acceptors (Lipinski definition) is 5. The molecule has 22 heavy (non-hydrogen) atoms. The molecule has 7 heteroatoms. The zero-order chi connectivity index (χ0) is 15.5. The molecule has 0 radical (unpaired) electrons. The van der Waals surface area contributed by atoms with E-state index in [9.17, 15) is 4.79 Å². The van der Waals surface area contributed by atoms with E-state index in [4.69, 9.17) is 16.1 Å². The third kappa shape index (κ3) is 3.44. The molecule has 1 atom stereocenters. The molecule has 1 unspecified atom stereocenters. The minimum atomic E-state index is -0.0503. The smallest absolute Gasteiger partial charge is 0.272 e. The minimum absolute atomic E-state index is 0.0503. The van der Waals surface area contributed by atoms with Gasteiger partial charge in [-0.3, -0.25) is 4.79 Å². The first-order valence-corrected chi connectivity index (χ1v) is 7.69. The highest BCUT2D eigenvalue weighted by molar-refractivity contribution is 6.30. The first-order chi connectivity index (χ1) is 10.6. The Bertz CT molecular complexity index is 656.